The average molecular weight is 337 g/mol. The van der Waals surface area contributed by atoms with Gasteiger partial charge in [0.1, 0.15) is 0 Å². The van der Waals surface area contributed by atoms with E-state index in [0.29, 0.717) is 5.92 Å². The molecule has 1 aliphatic rings. The van der Waals surface area contributed by atoms with E-state index in [2.05, 4.69) is 29.6 Å². The van der Waals surface area contributed by atoms with Crippen molar-refractivity contribution in [1.82, 2.24) is 5.32 Å². The van der Waals surface area contributed by atoms with E-state index in [-0.39, 0.29) is 23.9 Å². The van der Waals surface area contributed by atoms with Crippen molar-refractivity contribution < 1.29 is 14.7 Å². The third-order valence-corrected chi connectivity index (χ3v) is 4.81. The molecule has 2 aromatic carbocycles. The summed E-state index contributed by atoms with van der Waals surface area (Å²) in [6.07, 6.45) is 4.44. The van der Waals surface area contributed by atoms with Gasteiger partial charge in [-0.1, -0.05) is 42.5 Å². The number of rotatable bonds is 6. The summed E-state index contributed by atoms with van der Waals surface area (Å²) >= 11 is 0. The van der Waals surface area contributed by atoms with Crippen LogP contribution in [0.15, 0.2) is 54.6 Å². The van der Waals surface area contributed by atoms with E-state index < -0.39 is 5.97 Å². The molecule has 0 aliphatic heterocycles. The fourth-order valence-electron chi connectivity index (χ4n) is 3.62. The van der Waals surface area contributed by atoms with Crippen LogP contribution >= 0.6 is 0 Å². The lowest BCUT2D eigenvalue weighted by Crippen LogP contribution is -2.34. The molecule has 1 aliphatic carbocycles. The molecular weight excluding hydrogens is 314 g/mol. The zero-order chi connectivity index (χ0) is 17.6. The van der Waals surface area contributed by atoms with E-state index in [9.17, 15) is 9.59 Å². The summed E-state index contributed by atoms with van der Waals surface area (Å²) in [6, 6.07) is 17.3. The smallest absolute Gasteiger partial charge is 0.335 e. The second kappa shape index (κ2) is 7.97. The molecule has 4 heteroatoms. The Bertz CT molecular complexity index is 742. The largest absolute Gasteiger partial charge is 0.478 e. The van der Waals surface area contributed by atoms with Crippen LogP contribution in [-0.4, -0.2) is 23.0 Å². The number of aromatic carboxylic acids is 1. The highest BCUT2D eigenvalue weighted by Crippen LogP contribution is 2.28. The van der Waals surface area contributed by atoms with E-state index in [1.165, 1.54) is 11.6 Å². The molecule has 2 aromatic rings. The summed E-state index contributed by atoms with van der Waals surface area (Å²) in [4.78, 5) is 23.3. The maximum atomic E-state index is 12.3. The Morgan fingerprint density at radius 2 is 1.76 bits per heavy atom. The minimum absolute atomic E-state index is 0.0344. The molecule has 0 bridgehead atoms. The minimum Gasteiger partial charge on any atom is -0.478 e. The van der Waals surface area contributed by atoms with Gasteiger partial charge in [-0.3, -0.25) is 4.79 Å². The molecule has 2 atom stereocenters. The number of hydrogen-bond donors (Lipinski definition) is 2. The van der Waals surface area contributed by atoms with Crippen molar-refractivity contribution in [2.45, 2.75) is 38.1 Å². The molecule has 4 nitrogen and oxygen atoms in total. The van der Waals surface area contributed by atoms with Gasteiger partial charge in [0.2, 0.25) is 5.91 Å². The summed E-state index contributed by atoms with van der Waals surface area (Å²) in [5.74, 6) is -0.391. The Labute approximate surface area is 147 Å². The number of carbonyl (C=O) groups excluding carboxylic acids is 1. The fraction of sp³-hybridized carbons (Fsp3) is 0.333. The molecule has 130 valence electrons. The molecule has 1 amide bonds. The van der Waals surface area contributed by atoms with E-state index >= 15 is 0 Å². The van der Waals surface area contributed by atoms with Gasteiger partial charge in [0.25, 0.3) is 0 Å². The number of benzene rings is 2. The van der Waals surface area contributed by atoms with Crippen molar-refractivity contribution >= 4 is 11.9 Å². The van der Waals surface area contributed by atoms with Gasteiger partial charge < -0.3 is 10.4 Å². The average Bonchev–Trinajstić information content (AvgIpc) is 3.02. The van der Waals surface area contributed by atoms with Crippen LogP contribution in [0.3, 0.4) is 0 Å². The van der Waals surface area contributed by atoms with Crippen molar-refractivity contribution in [3.63, 3.8) is 0 Å². The second-order valence-corrected chi connectivity index (χ2v) is 6.82. The van der Waals surface area contributed by atoms with Crippen LogP contribution in [0.2, 0.25) is 0 Å². The van der Waals surface area contributed by atoms with E-state index in [0.717, 1.165) is 31.2 Å². The van der Waals surface area contributed by atoms with Gasteiger partial charge in [-0.15, -0.1) is 0 Å². The zero-order valence-electron chi connectivity index (χ0n) is 14.2. The molecule has 3 rings (SSSR count). The lowest BCUT2D eigenvalue weighted by Gasteiger charge is -2.14. The standard InChI is InChI=1S/C21H23NO3/c23-20(14-16-7-4-8-18(12-16)21(24)25)22-19-10-9-17(13-19)11-15-5-2-1-3-6-15/h1-8,12,17,19H,9-11,13-14H2,(H,22,23)(H,24,25). The maximum absolute atomic E-state index is 12.3. The Balaban J connectivity index is 1.49. The predicted molar refractivity (Wildman–Crippen MR) is 96.5 cm³/mol. The Morgan fingerprint density at radius 1 is 1.00 bits per heavy atom. The number of carbonyl (C=O) groups is 2. The van der Waals surface area contributed by atoms with E-state index in [4.69, 9.17) is 5.11 Å². The zero-order valence-corrected chi connectivity index (χ0v) is 14.2. The van der Waals surface area contributed by atoms with Crippen LogP contribution < -0.4 is 5.32 Å². The highest BCUT2D eigenvalue weighted by molar-refractivity contribution is 5.88. The SMILES string of the molecule is O=C(Cc1cccc(C(=O)O)c1)NC1CCC(Cc2ccccc2)C1. The van der Waals surface area contributed by atoms with Crippen LogP contribution in [0.1, 0.15) is 40.7 Å². The first-order valence-corrected chi connectivity index (χ1v) is 8.75. The molecule has 0 spiro atoms. The molecule has 2 N–H and O–H groups in total. The third kappa shape index (κ3) is 4.92. The maximum Gasteiger partial charge on any atom is 0.335 e. The lowest BCUT2D eigenvalue weighted by molar-refractivity contribution is -0.121. The quantitative estimate of drug-likeness (QED) is 0.848. The number of carboxylic acid groups (broad SMARTS) is 1. The number of carboxylic acids is 1. The van der Waals surface area contributed by atoms with Crippen molar-refractivity contribution in [1.29, 1.82) is 0 Å². The molecule has 0 radical (unpaired) electrons. The van der Waals surface area contributed by atoms with Gasteiger partial charge in [-0.2, -0.15) is 0 Å². The van der Waals surface area contributed by atoms with Gasteiger partial charge in [0.15, 0.2) is 0 Å². The normalized spacial score (nSPS) is 19.5. The van der Waals surface area contributed by atoms with Crippen LogP contribution in [-0.2, 0) is 17.6 Å². The number of hydrogen-bond acceptors (Lipinski definition) is 2. The Morgan fingerprint density at radius 3 is 2.52 bits per heavy atom. The molecule has 1 saturated carbocycles. The summed E-state index contributed by atoms with van der Waals surface area (Å²) in [7, 11) is 0. The predicted octanol–water partition coefficient (Wildman–Crippen LogP) is 3.45. The summed E-state index contributed by atoms with van der Waals surface area (Å²) in [5.41, 5.74) is 2.30. The van der Waals surface area contributed by atoms with Gasteiger partial charge in [-0.25, -0.2) is 4.79 Å². The van der Waals surface area contributed by atoms with Crippen LogP contribution in [0.5, 0.6) is 0 Å². The number of nitrogens with one attached hydrogen (secondary N) is 1. The van der Waals surface area contributed by atoms with Gasteiger partial charge in [-0.05, 0) is 54.9 Å². The van der Waals surface area contributed by atoms with Crippen molar-refractivity contribution in [2.75, 3.05) is 0 Å². The third-order valence-electron chi connectivity index (χ3n) is 4.81. The molecule has 0 saturated heterocycles. The van der Waals surface area contributed by atoms with Crippen molar-refractivity contribution in [3.05, 3.63) is 71.3 Å². The van der Waals surface area contributed by atoms with Gasteiger partial charge in [0, 0.05) is 6.04 Å². The van der Waals surface area contributed by atoms with Crippen LogP contribution in [0, 0.1) is 5.92 Å². The summed E-state index contributed by atoms with van der Waals surface area (Å²) in [5, 5.41) is 12.1. The second-order valence-electron chi connectivity index (χ2n) is 6.82. The topological polar surface area (TPSA) is 66.4 Å². The van der Waals surface area contributed by atoms with Crippen LogP contribution in [0.25, 0.3) is 0 Å². The minimum atomic E-state index is -0.971. The highest BCUT2D eigenvalue weighted by atomic mass is 16.4. The first kappa shape index (κ1) is 17.2. The fourth-order valence-corrected chi connectivity index (χ4v) is 3.62. The van der Waals surface area contributed by atoms with Crippen molar-refractivity contribution in [2.24, 2.45) is 5.92 Å². The molecular formula is C21H23NO3. The van der Waals surface area contributed by atoms with E-state index in [1.54, 1.807) is 18.2 Å². The molecule has 1 fully saturated rings. The van der Waals surface area contributed by atoms with Gasteiger partial charge in [0.05, 0.1) is 12.0 Å². The van der Waals surface area contributed by atoms with Crippen molar-refractivity contribution in [3.8, 4) is 0 Å². The van der Waals surface area contributed by atoms with Crippen LogP contribution in [0.4, 0.5) is 0 Å². The monoisotopic (exact) mass is 337 g/mol. The first-order chi connectivity index (χ1) is 12.1. The Hall–Kier alpha value is -2.62. The highest BCUT2D eigenvalue weighted by Gasteiger charge is 2.25. The molecule has 25 heavy (non-hydrogen) atoms. The molecule has 0 heterocycles. The van der Waals surface area contributed by atoms with E-state index in [1.807, 2.05) is 6.07 Å². The lowest BCUT2D eigenvalue weighted by atomic mass is 9.98. The molecule has 2 unspecified atom stereocenters. The molecule has 0 aromatic heterocycles. The Kier molecular flexibility index (Phi) is 5.49. The summed E-state index contributed by atoms with van der Waals surface area (Å²) < 4.78 is 0. The van der Waals surface area contributed by atoms with Gasteiger partial charge >= 0.3 is 5.97 Å². The summed E-state index contributed by atoms with van der Waals surface area (Å²) in [6.45, 7) is 0. The number of amides is 1. The first-order valence-electron chi connectivity index (χ1n) is 8.75.